The zero-order valence-corrected chi connectivity index (χ0v) is 18.4. The maximum Gasteiger partial charge on any atom is 0.283 e. The first kappa shape index (κ1) is 21.3. The van der Waals surface area contributed by atoms with Gasteiger partial charge in [-0.05, 0) is 56.8 Å². The lowest BCUT2D eigenvalue weighted by atomic mass is 9.61. The molecule has 1 spiro atoms. The van der Waals surface area contributed by atoms with Crippen molar-refractivity contribution in [3.05, 3.63) is 57.0 Å². The zero-order valence-electron chi connectivity index (χ0n) is 17.7. The summed E-state index contributed by atoms with van der Waals surface area (Å²) >= 11 is 6.02. The number of hydrogen-bond acceptors (Lipinski definition) is 5. The first-order chi connectivity index (χ1) is 15.3. The highest BCUT2D eigenvalue weighted by Gasteiger charge is 2.53. The van der Waals surface area contributed by atoms with Crippen LogP contribution in [0.25, 0.3) is 5.52 Å². The predicted octanol–water partition coefficient (Wildman–Crippen LogP) is 3.79. The Hall–Kier alpha value is -2.52. The Morgan fingerprint density at radius 2 is 2.09 bits per heavy atom. The van der Waals surface area contributed by atoms with Crippen molar-refractivity contribution in [2.75, 3.05) is 19.6 Å². The minimum atomic E-state index is -2.64. The van der Waals surface area contributed by atoms with Crippen LogP contribution in [0.4, 0.5) is 8.78 Å². The molecule has 0 unspecified atom stereocenters. The van der Waals surface area contributed by atoms with Gasteiger partial charge in [0.2, 0.25) is 0 Å². The van der Waals surface area contributed by atoms with Crippen molar-refractivity contribution in [2.24, 2.45) is 5.41 Å². The number of alkyl halides is 2. The second kappa shape index (κ2) is 8.12. The lowest BCUT2D eigenvalue weighted by Crippen LogP contribution is -2.64. The van der Waals surface area contributed by atoms with Crippen LogP contribution in [0, 0.1) is 12.3 Å². The molecule has 1 saturated heterocycles. The van der Waals surface area contributed by atoms with Crippen LogP contribution in [-0.4, -0.2) is 50.2 Å². The molecule has 1 N–H and O–H groups in total. The van der Waals surface area contributed by atoms with E-state index >= 15 is 0 Å². The molecule has 0 aromatic carbocycles. The van der Waals surface area contributed by atoms with E-state index in [1.807, 2.05) is 0 Å². The predicted molar refractivity (Wildman–Crippen MR) is 116 cm³/mol. The number of ether oxygens (including phenoxy) is 1. The first-order valence-electron chi connectivity index (χ1n) is 10.7. The fourth-order valence-electron chi connectivity index (χ4n) is 5.13. The SMILES string of the molecule is Cc1ncc2ccc(OC3CC4(C3)CN(CCCc3cn[nH]c(=O)c3Cl)C4)c(C(F)F)n12. The van der Waals surface area contributed by atoms with E-state index in [0.717, 1.165) is 44.5 Å². The summed E-state index contributed by atoms with van der Waals surface area (Å²) in [5, 5.41) is 6.34. The van der Waals surface area contributed by atoms with Crippen molar-refractivity contribution < 1.29 is 13.5 Å². The molecule has 10 heteroatoms. The van der Waals surface area contributed by atoms with E-state index in [9.17, 15) is 13.6 Å². The average Bonchev–Trinajstić information content (AvgIpc) is 3.08. The van der Waals surface area contributed by atoms with Gasteiger partial charge in [-0.15, -0.1) is 0 Å². The van der Waals surface area contributed by atoms with Crippen molar-refractivity contribution in [1.29, 1.82) is 0 Å². The summed E-state index contributed by atoms with van der Waals surface area (Å²) in [6.45, 7) is 4.60. The van der Waals surface area contributed by atoms with Gasteiger partial charge in [-0.3, -0.25) is 9.20 Å². The number of aromatic amines is 1. The van der Waals surface area contributed by atoms with E-state index in [1.165, 1.54) is 4.40 Å². The Morgan fingerprint density at radius 3 is 2.84 bits per heavy atom. The van der Waals surface area contributed by atoms with Crippen molar-refractivity contribution in [1.82, 2.24) is 24.5 Å². The molecular weight excluding hydrogens is 440 g/mol. The molecule has 0 atom stereocenters. The molecule has 3 aromatic heterocycles. The average molecular weight is 464 g/mol. The van der Waals surface area contributed by atoms with Crippen molar-refractivity contribution >= 4 is 17.1 Å². The van der Waals surface area contributed by atoms with Gasteiger partial charge < -0.3 is 9.64 Å². The van der Waals surface area contributed by atoms with Gasteiger partial charge in [-0.25, -0.2) is 18.9 Å². The second-order valence-electron chi connectivity index (χ2n) is 8.95. The van der Waals surface area contributed by atoms with Crippen molar-refractivity contribution in [2.45, 2.75) is 45.1 Å². The lowest BCUT2D eigenvalue weighted by molar-refractivity contribution is -0.119. The maximum atomic E-state index is 13.8. The fourth-order valence-corrected chi connectivity index (χ4v) is 5.32. The van der Waals surface area contributed by atoms with Crippen LogP contribution in [0.5, 0.6) is 5.75 Å². The van der Waals surface area contributed by atoms with Crippen LogP contribution in [-0.2, 0) is 6.42 Å². The minimum absolute atomic E-state index is 0.0446. The van der Waals surface area contributed by atoms with Crippen molar-refractivity contribution in [3.8, 4) is 5.75 Å². The number of likely N-dealkylation sites (tertiary alicyclic amines) is 1. The maximum absolute atomic E-state index is 13.8. The van der Waals surface area contributed by atoms with Gasteiger partial charge in [0, 0.05) is 18.5 Å². The number of pyridine rings is 1. The van der Waals surface area contributed by atoms with Gasteiger partial charge in [0.05, 0.1) is 17.9 Å². The third-order valence-corrected chi connectivity index (χ3v) is 7.01. The van der Waals surface area contributed by atoms with E-state index in [1.54, 1.807) is 31.5 Å². The number of imidazole rings is 1. The van der Waals surface area contributed by atoms with Gasteiger partial charge in [0.25, 0.3) is 12.0 Å². The van der Waals surface area contributed by atoms with E-state index < -0.39 is 6.43 Å². The second-order valence-corrected chi connectivity index (χ2v) is 9.33. The molecular formula is C22H24ClF2N5O2. The van der Waals surface area contributed by atoms with Crippen LogP contribution >= 0.6 is 11.6 Å². The van der Waals surface area contributed by atoms with Crippen LogP contribution in [0.1, 0.15) is 42.8 Å². The quantitative estimate of drug-likeness (QED) is 0.577. The van der Waals surface area contributed by atoms with Gasteiger partial charge in [-0.1, -0.05) is 11.6 Å². The Kier molecular flexibility index (Phi) is 5.41. The summed E-state index contributed by atoms with van der Waals surface area (Å²) < 4.78 is 35.1. The zero-order chi connectivity index (χ0) is 22.5. The van der Waals surface area contributed by atoms with Gasteiger partial charge in [0.15, 0.2) is 0 Å². The van der Waals surface area contributed by atoms with Crippen LogP contribution in [0.2, 0.25) is 5.02 Å². The number of nitrogens with zero attached hydrogens (tertiary/aromatic N) is 4. The number of aryl methyl sites for hydroxylation is 2. The highest BCUT2D eigenvalue weighted by molar-refractivity contribution is 6.31. The molecule has 170 valence electrons. The van der Waals surface area contributed by atoms with Crippen LogP contribution in [0.15, 0.2) is 29.3 Å². The number of aromatic nitrogens is 4. The Balaban J connectivity index is 1.13. The largest absolute Gasteiger partial charge is 0.488 e. The third-order valence-electron chi connectivity index (χ3n) is 6.59. The van der Waals surface area contributed by atoms with E-state index in [2.05, 4.69) is 20.1 Å². The van der Waals surface area contributed by atoms with Crippen LogP contribution in [0.3, 0.4) is 0 Å². The monoisotopic (exact) mass is 463 g/mol. The van der Waals surface area contributed by atoms with Gasteiger partial charge in [0.1, 0.15) is 28.4 Å². The molecule has 1 aliphatic heterocycles. The van der Waals surface area contributed by atoms with Crippen molar-refractivity contribution in [3.63, 3.8) is 0 Å². The molecule has 7 nitrogen and oxygen atoms in total. The summed E-state index contributed by atoms with van der Waals surface area (Å²) in [4.78, 5) is 18.0. The highest BCUT2D eigenvalue weighted by atomic mass is 35.5. The molecule has 2 fully saturated rings. The van der Waals surface area contributed by atoms with Crippen LogP contribution < -0.4 is 10.3 Å². The summed E-state index contributed by atoms with van der Waals surface area (Å²) in [5.74, 6) is 0.769. The summed E-state index contributed by atoms with van der Waals surface area (Å²) in [7, 11) is 0. The standard InChI is InChI=1S/C22H24ClF2N5O2/c1-13-26-10-15-4-5-17(19(20(24)25)30(13)15)32-16-7-22(8-16)11-29(12-22)6-2-3-14-9-27-28-21(31)18(14)23/h4-5,9-10,16,20H,2-3,6-8,11-12H2,1H3,(H,28,31). The molecule has 32 heavy (non-hydrogen) atoms. The van der Waals surface area contributed by atoms with E-state index in [4.69, 9.17) is 16.3 Å². The fraction of sp³-hybridized carbons (Fsp3) is 0.500. The number of rotatable bonds is 7. The summed E-state index contributed by atoms with van der Waals surface area (Å²) in [6, 6.07) is 3.40. The smallest absolute Gasteiger partial charge is 0.283 e. The molecule has 5 rings (SSSR count). The Bertz CT molecular complexity index is 1200. The molecule has 0 amide bonds. The molecule has 3 aromatic rings. The lowest BCUT2D eigenvalue weighted by Gasteiger charge is -2.58. The Morgan fingerprint density at radius 1 is 1.31 bits per heavy atom. The topological polar surface area (TPSA) is 75.5 Å². The normalized spacial score (nSPS) is 18.3. The van der Waals surface area contributed by atoms with E-state index in [0.29, 0.717) is 17.8 Å². The van der Waals surface area contributed by atoms with E-state index in [-0.39, 0.29) is 33.5 Å². The number of nitrogens with one attached hydrogen (secondary N) is 1. The highest BCUT2D eigenvalue weighted by Crippen LogP contribution is 2.50. The third kappa shape index (κ3) is 3.77. The Labute approximate surface area is 188 Å². The summed E-state index contributed by atoms with van der Waals surface area (Å²) in [5.41, 5.74) is 1.16. The molecule has 2 aliphatic rings. The molecule has 1 saturated carbocycles. The number of fused-ring (bicyclic) bond motifs is 1. The number of halogens is 3. The molecule has 1 aliphatic carbocycles. The molecule has 0 bridgehead atoms. The van der Waals surface area contributed by atoms with Gasteiger partial charge in [-0.2, -0.15) is 5.10 Å². The minimum Gasteiger partial charge on any atom is -0.488 e. The van der Waals surface area contributed by atoms with Gasteiger partial charge >= 0.3 is 0 Å². The molecule has 0 radical (unpaired) electrons. The number of hydrogen-bond donors (Lipinski definition) is 1. The first-order valence-corrected chi connectivity index (χ1v) is 11.1. The summed E-state index contributed by atoms with van der Waals surface area (Å²) in [6.07, 6.45) is 3.85. The molecule has 4 heterocycles. The number of H-pyrrole nitrogens is 1.